The van der Waals surface area contributed by atoms with E-state index in [4.69, 9.17) is 0 Å². The van der Waals surface area contributed by atoms with Gasteiger partial charge < -0.3 is 10.2 Å². The molecule has 1 aliphatic rings. The Balaban J connectivity index is 1.74. The van der Waals surface area contributed by atoms with Gasteiger partial charge in [-0.25, -0.2) is 9.97 Å². The molecule has 1 fully saturated rings. The molecule has 0 saturated carbocycles. The second-order valence-corrected chi connectivity index (χ2v) is 4.12. The first-order valence-corrected chi connectivity index (χ1v) is 5.52. The lowest BCUT2D eigenvalue weighted by Gasteiger charge is -2.29. The Morgan fingerprint density at radius 1 is 1.33 bits per heavy atom. The molecule has 0 radical (unpaired) electrons. The van der Waals surface area contributed by atoms with E-state index in [2.05, 4.69) is 27.2 Å². The zero-order valence-electron chi connectivity index (χ0n) is 9.19. The summed E-state index contributed by atoms with van der Waals surface area (Å²) < 4.78 is 0. The van der Waals surface area contributed by atoms with Gasteiger partial charge in [0, 0.05) is 18.4 Å². The lowest BCUT2D eigenvalue weighted by Crippen LogP contribution is -2.40. The molecule has 0 unspecified atom stereocenters. The van der Waals surface area contributed by atoms with Gasteiger partial charge in [-0.15, -0.1) is 0 Å². The number of aromatic nitrogens is 2. The fourth-order valence-electron chi connectivity index (χ4n) is 1.87. The number of rotatable bonds is 3. The molecule has 0 aromatic carbocycles. The third-order valence-corrected chi connectivity index (χ3v) is 2.89. The van der Waals surface area contributed by atoms with Crippen LogP contribution < -0.4 is 5.32 Å². The number of nitrogens with zero attached hydrogens (tertiary/aromatic N) is 3. The van der Waals surface area contributed by atoms with Crippen molar-refractivity contribution in [2.45, 2.75) is 25.4 Å². The molecule has 0 bridgehead atoms. The SMILES string of the molecule is CN1CCC(NCc2ncccn2)CC1. The van der Waals surface area contributed by atoms with Gasteiger partial charge in [-0.1, -0.05) is 0 Å². The van der Waals surface area contributed by atoms with Gasteiger partial charge in [0.15, 0.2) is 0 Å². The molecular formula is C11H18N4. The van der Waals surface area contributed by atoms with Crippen molar-refractivity contribution in [1.29, 1.82) is 0 Å². The van der Waals surface area contributed by atoms with E-state index in [1.807, 2.05) is 6.07 Å². The highest BCUT2D eigenvalue weighted by Crippen LogP contribution is 2.08. The van der Waals surface area contributed by atoms with Crippen molar-refractivity contribution in [1.82, 2.24) is 20.2 Å². The summed E-state index contributed by atoms with van der Waals surface area (Å²) in [5.74, 6) is 0.886. The monoisotopic (exact) mass is 206 g/mol. The van der Waals surface area contributed by atoms with E-state index in [1.54, 1.807) is 12.4 Å². The summed E-state index contributed by atoms with van der Waals surface area (Å²) in [6.07, 6.45) is 6.03. The Morgan fingerprint density at radius 3 is 2.67 bits per heavy atom. The lowest BCUT2D eigenvalue weighted by atomic mass is 10.1. The van der Waals surface area contributed by atoms with Crippen LogP contribution in [0, 0.1) is 0 Å². The van der Waals surface area contributed by atoms with Crippen LogP contribution >= 0.6 is 0 Å². The number of hydrogen-bond donors (Lipinski definition) is 1. The van der Waals surface area contributed by atoms with Gasteiger partial charge in [0.1, 0.15) is 5.82 Å². The minimum Gasteiger partial charge on any atom is -0.307 e. The Bertz CT molecular complexity index is 280. The third kappa shape index (κ3) is 3.25. The molecule has 4 nitrogen and oxygen atoms in total. The van der Waals surface area contributed by atoms with Crippen molar-refractivity contribution < 1.29 is 0 Å². The van der Waals surface area contributed by atoms with E-state index in [-0.39, 0.29) is 0 Å². The van der Waals surface area contributed by atoms with E-state index in [1.165, 1.54) is 25.9 Å². The maximum atomic E-state index is 4.19. The van der Waals surface area contributed by atoms with Gasteiger partial charge in [0.2, 0.25) is 0 Å². The quantitative estimate of drug-likeness (QED) is 0.789. The predicted molar refractivity (Wildman–Crippen MR) is 59.4 cm³/mol. The molecule has 1 aromatic heterocycles. The molecule has 1 aliphatic heterocycles. The van der Waals surface area contributed by atoms with E-state index < -0.39 is 0 Å². The molecule has 0 spiro atoms. The van der Waals surface area contributed by atoms with Gasteiger partial charge in [-0.3, -0.25) is 0 Å². The van der Waals surface area contributed by atoms with Crippen LogP contribution in [0.25, 0.3) is 0 Å². The fourth-order valence-corrected chi connectivity index (χ4v) is 1.87. The summed E-state index contributed by atoms with van der Waals surface area (Å²) in [6.45, 7) is 3.16. The van der Waals surface area contributed by atoms with Crippen LogP contribution in [0.1, 0.15) is 18.7 Å². The zero-order chi connectivity index (χ0) is 10.5. The Morgan fingerprint density at radius 2 is 2.00 bits per heavy atom. The molecule has 2 rings (SSSR count). The molecule has 0 amide bonds. The topological polar surface area (TPSA) is 41.0 Å². The maximum absolute atomic E-state index is 4.19. The van der Waals surface area contributed by atoms with Crippen LogP contribution in [0.3, 0.4) is 0 Å². The fraction of sp³-hybridized carbons (Fsp3) is 0.636. The van der Waals surface area contributed by atoms with Crippen molar-refractivity contribution in [2.24, 2.45) is 0 Å². The molecule has 15 heavy (non-hydrogen) atoms. The minimum atomic E-state index is 0.630. The Labute approximate surface area is 90.7 Å². The number of hydrogen-bond acceptors (Lipinski definition) is 4. The van der Waals surface area contributed by atoms with Crippen molar-refractivity contribution in [3.8, 4) is 0 Å². The maximum Gasteiger partial charge on any atom is 0.141 e. The molecule has 0 atom stereocenters. The van der Waals surface area contributed by atoms with Crippen LogP contribution in [0.2, 0.25) is 0 Å². The first-order valence-electron chi connectivity index (χ1n) is 5.52. The summed E-state index contributed by atoms with van der Waals surface area (Å²) in [5.41, 5.74) is 0. The normalized spacial score (nSPS) is 19.3. The molecular weight excluding hydrogens is 188 g/mol. The van der Waals surface area contributed by atoms with Crippen molar-refractivity contribution in [2.75, 3.05) is 20.1 Å². The van der Waals surface area contributed by atoms with Crippen molar-refractivity contribution in [3.05, 3.63) is 24.3 Å². The minimum absolute atomic E-state index is 0.630. The largest absolute Gasteiger partial charge is 0.307 e. The first kappa shape index (κ1) is 10.5. The van der Waals surface area contributed by atoms with Crippen LogP contribution in [0.4, 0.5) is 0 Å². The highest BCUT2D eigenvalue weighted by Gasteiger charge is 2.15. The second kappa shape index (κ2) is 5.19. The van der Waals surface area contributed by atoms with E-state index in [9.17, 15) is 0 Å². The molecule has 4 heteroatoms. The van der Waals surface area contributed by atoms with Gasteiger partial charge in [-0.05, 0) is 39.0 Å². The Kier molecular flexibility index (Phi) is 3.64. The predicted octanol–water partition coefficient (Wildman–Crippen LogP) is 0.660. The molecule has 82 valence electrons. The van der Waals surface area contributed by atoms with Gasteiger partial charge in [-0.2, -0.15) is 0 Å². The third-order valence-electron chi connectivity index (χ3n) is 2.89. The number of piperidine rings is 1. The molecule has 1 aromatic rings. The van der Waals surface area contributed by atoms with E-state index in [0.29, 0.717) is 6.04 Å². The van der Waals surface area contributed by atoms with Gasteiger partial charge in [0.25, 0.3) is 0 Å². The van der Waals surface area contributed by atoms with Crippen LogP contribution in [0.5, 0.6) is 0 Å². The van der Waals surface area contributed by atoms with Crippen LogP contribution in [-0.4, -0.2) is 41.0 Å². The second-order valence-electron chi connectivity index (χ2n) is 4.12. The van der Waals surface area contributed by atoms with Crippen LogP contribution in [0.15, 0.2) is 18.5 Å². The Hall–Kier alpha value is -1.00. The molecule has 1 N–H and O–H groups in total. The average molecular weight is 206 g/mol. The highest BCUT2D eigenvalue weighted by molar-refractivity contribution is 4.89. The lowest BCUT2D eigenvalue weighted by molar-refractivity contribution is 0.233. The molecule has 1 saturated heterocycles. The summed E-state index contributed by atoms with van der Waals surface area (Å²) in [6, 6.07) is 2.48. The van der Waals surface area contributed by atoms with Crippen molar-refractivity contribution >= 4 is 0 Å². The smallest absolute Gasteiger partial charge is 0.141 e. The van der Waals surface area contributed by atoms with Gasteiger partial charge in [0.05, 0.1) is 6.54 Å². The van der Waals surface area contributed by atoms with Crippen LogP contribution in [-0.2, 0) is 6.54 Å². The summed E-state index contributed by atoms with van der Waals surface area (Å²) in [7, 11) is 2.18. The van der Waals surface area contributed by atoms with Crippen molar-refractivity contribution in [3.63, 3.8) is 0 Å². The summed E-state index contributed by atoms with van der Waals surface area (Å²) >= 11 is 0. The molecule has 2 heterocycles. The van der Waals surface area contributed by atoms with E-state index >= 15 is 0 Å². The summed E-state index contributed by atoms with van der Waals surface area (Å²) in [5, 5.41) is 3.51. The zero-order valence-corrected chi connectivity index (χ0v) is 9.19. The average Bonchev–Trinajstić information content (AvgIpc) is 2.30. The molecule has 0 aliphatic carbocycles. The number of likely N-dealkylation sites (tertiary alicyclic amines) is 1. The van der Waals surface area contributed by atoms with Gasteiger partial charge >= 0.3 is 0 Å². The standard InChI is InChI=1S/C11H18N4/c1-15-7-3-10(4-8-15)14-9-11-12-5-2-6-13-11/h2,5-6,10,14H,3-4,7-9H2,1H3. The first-order chi connectivity index (χ1) is 7.34. The van der Waals surface area contributed by atoms with E-state index in [0.717, 1.165) is 12.4 Å². The summed E-state index contributed by atoms with van der Waals surface area (Å²) in [4.78, 5) is 10.8. The highest BCUT2D eigenvalue weighted by atomic mass is 15.1. The number of nitrogens with one attached hydrogen (secondary N) is 1.